The van der Waals surface area contributed by atoms with E-state index in [2.05, 4.69) is 46.5 Å². The first kappa shape index (κ1) is 19.6. The number of rotatable bonds is 8. The smallest absolute Gasteiger partial charge is 0.323 e. The van der Waals surface area contributed by atoms with Crippen molar-refractivity contribution < 1.29 is 9.47 Å². The van der Waals surface area contributed by atoms with Crippen molar-refractivity contribution in [3.05, 3.63) is 87.8 Å². The van der Waals surface area contributed by atoms with Crippen LogP contribution < -0.4 is 20.5 Å². The lowest BCUT2D eigenvalue weighted by Gasteiger charge is -2.17. The summed E-state index contributed by atoms with van der Waals surface area (Å²) in [6.07, 6.45) is 0. The fourth-order valence-electron chi connectivity index (χ4n) is 3.31. The van der Waals surface area contributed by atoms with Gasteiger partial charge < -0.3 is 24.8 Å². The second kappa shape index (κ2) is 8.78. The van der Waals surface area contributed by atoms with Crippen molar-refractivity contribution in [3.8, 4) is 11.5 Å². The van der Waals surface area contributed by atoms with Gasteiger partial charge in [-0.25, -0.2) is 4.79 Å². The minimum absolute atomic E-state index is 0.210. The summed E-state index contributed by atoms with van der Waals surface area (Å²) < 4.78 is 12.0. The molecule has 0 unspecified atom stereocenters. The van der Waals surface area contributed by atoms with Crippen LogP contribution in [0.1, 0.15) is 23.6 Å². The number of aromatic nitrogens is 2. The SMILES string of the molecule is CCOc1cccc(CNc2ccc3[nH]c(=O)[nH]c3c2)c1OCc1ccc(C)cc1. The fraction of sp³-hybridized carbons (Fsp3) is 0.208. The summed E-state index contributed by atoms with van der Waals surface area (Å²) in [4.78, 5) is 17.0. The van der Waals surface area contributed by atoms with Crippen LogP contribution in [0.4, 0.5) is 5.69 Å². The number of aromatic amines is 2. The van der Waals surface area contributed by atoms with Crippen molar-refractivity contribution in [1.29, 1.82) is 0 Å². The fourth-order valence-corrected chi connectivity index (χ4v) is 3.31. The Hall–Kier alpha value is -3.67. The minimum Gasteiger partial charge on any atom is -0.490 e. The molecule has 6 heteroatoms. The molecule has 3 aromatic carbocycles. The minimum atomic E-state index is -0.210. The lowest BCUT2D eigenvalue weighted by molar-refractivity contribution is 0.267. The molecule has 0 fully saturated rings. The number of imidazole rings is 1. The van der Waals surface area contributed by atoms with Crippen LogP contribution in [0.2, 0.25) is 0 Å². The van der Waals surface area contributed by atoms with Gasteiger partial charge in [-0.3, -0.25) is 0 Å². The van der Waals surface area contributed by atoms with Gasteiger partial charge in [-0.05, 0) is 43.7 Å². The highest BCUT2D eigenvalue weighted by atomic mass is 16.5. The lowest BCUT2D eigenvalue weighted by atomic mass is 10.1. The zero-order valence-electron chi connectivity index (χ0n) is 17.1. The quantitative estimate of drug-likeness (QED) is 0.396. The van der Waals surface area contributed by atoms with Crippen molar-refractivity contribution >= 4 is 16.7 Å². The van der Waals surface area contributed by atoms with E-state index in [9.17, 15) is 4.79 Å². The predicted octanol–water partition coefficient (Wildman–Crippen LogP) is 4.75. The van der Waals surface area contributed by atoms with E-state index in [-0.39, 0.29) is 5.69 Å². The Balaban J connectivity index is 1.54. The zero-order valence-corrected chi connectivity index (χ0v) is 17.1. The predicted molar refractivity (Wildman–Crippen MR) is 119 cm³/mol. The lowest BCUT2D eigenvalue weighted by Crippen LogP contribution is -2.06. The summed E-state index contributed by atoms with van der Waals surface area (Å²) in [6.45, 7) is 5.62. The molecule has 1 heterocycles. The van der Waals surface area contributed by atoms with Crippen LogP contribution in [0.15, 0.2) is 65.5 Å². The van der Waals surface area contributed by atoms with Crippen LogP contribution in [0.5, 0.6) is 11.5 Å². The van der Waals surface area contributed by atoms with Crippen LogP contribution in [-0.4, -0.2) is 16.6 Å². The molecular weight excluding hydrogens is 378 g/mol. The molecule has 0 aliphatic heterocycles. The Morgan fingerprint density at radius 3 is 2.53 bits per heavy atom. The topological polar surface area (TPSA) is 79.1 Å². The number of hydrogen-bond acceptors (Lipinski definition) is 4. The number of H-pyrrole nitrogens is 2. The maximum Gasteiger partial charge on any atom is 0.323 e. The average molecular weight is 403 g/mol. The van der Waals surface area contributed by atoms with Gasteiger partial charge in [0.2, 0.25) is 0 Å². The maximum absolute atomic E-state index is 11.5. The molecule has 0 bridgehead atoms. The van der Waals surface area contributed by atoms with Crippen LogP contribution in [0.25, 0.3) is 11.0 Å². The van der Waals surface area contributed by atoms with Crippen molar-refractivity contribution in [3.63, 3.8) is 0 Å². The summed E-state index contributed by atoms with van der Waals surface area (Å²) in [5.41, 5.74) is 5.57. The Labute approximate surface area is 174 Å². The van der Waals surface area contributed by atoms with Crippen molar-refractivity contribution in [2.75, 3.05) is 11.9 Å². The third-order valence-corrected chi connectivity index (χ3v) is 4.86. The van der Waals surface area contributed by atoms with Crippen LogP contribution >= 0.6 is 0 Å². The molecule has 30 heavy (non-hydrogen) atoms. The number of fused-ring (bicyclic) bond motifs is 1. The molecule has 0 saturated carbocycles. The third kappa shape index (κ3) is 4.49. The largest absolute Gasteiger partial charge is 0.490 e. The molecule has 3 N–H and O–H groups in total. The highest BCUT2D eigenvalue weighted by molar-refractivity contribution is 5.78. The second-order valence-corrected chi connectivity index (χ2v) is 7.14. The average Bonchev–Trinajstić information content (AvgIpc) is 3.12. The van der Waals surface area contributed by atoms with Crippen molar-refractivity contribution in [1.82, 2.24) is 9.97 Å². The third-order valence-electron chi connectivity index (χ3n) is 4.86. The Bertz CT molecular complexity index is 1190. The number of anilines is 1. The van der Waals surface area contributed by atoms with E-state index >= 15 is 0 Å². The number of benzene rings is 3. The molecule has 6 nitrogen and oxygen atoms in total. The first-order valence-corrected chi connectivity index (χ1v) is 10.0. The summed E-state index contributed by atoms with van der Waals surface area (Å²) in [5, 5.41) is 3.41. The monoisotopic (exact) mass is 403 g/mol. The molecular formula is C24H25N3O3. The number of hydrogen-bond donors (Lipinski definition) is 3. The Morgan fingerprint density at radius 1 is 0.933 bits per heavy atom. The van der Waals surface area contributed by atoms with E-state index in [1.807, 2.05) is 43.3 Å². The molecule has 1 aromatic heterocycles. The summed E-state index contributed by atoms with van der Waals surface area (Å²) in [5.74, 6) is 1.47. The number of aryl methyl sites for hydroxylation is 1. The van der Waals surface area contributed by atoms with Gasteiger partial charge in [0.1, 0.15) is 6.61 Å². The Morgan fingerprint density at radius 2 is 1.73 bits per heavy atom. The molecule has 0 radical (unpaired) electrons. The van der Waals surface area contributed by atoms with Crippen molar-refractivity contribution in [2.45, 2.75) is 27.0 Å². The van der Waals surface area contributed by atoms with Crippen molar-refractivity contribution in [2.24, 2.45) is 0 Å². The van der Waals surface area contributed by atoms with Crippen LogP contribution in [0, 0.1) is 6.92 Å². The highest BCUT2D eigenvalue weighted by Crippen LogP contribution is 2.33. The number of ether oxygens (including phenoxy) is 2. The summed E-state index contributed by atoms with van der Waals surface area (Å²) >= 11 is 0. The van der Waals surface area contributed by atoms with E-state index in [1.54, 1.807) is 0 Å². The van der Waals surface area contributed by atoms with E-state index in [0.717, 1.165) is 39.3 Å². The maximum atomic E-state index is 11.5. The van der Waals surface area contributed by atoms with E-state index in [4.69, 9.17) is 9.47 Å². The van der Waals surface area contributed by atoms with E-state index < -0.39 is 0 Å². The molecule has 154 valence electrons. The zero-order chi connectivity index (χ0) is 20.9. The first-order chi connectivity index (χ1) is 14.6. The number of nitrogens with one attached hydrogen (secondary N) is 3. The molecule has 4 rings (SSSR count). The van der Waals surface area contributed by atoms with Gasteiger partial charge in [-0.2, -0.15) is 0 Å². The molecule has 0 amide bonds. The van der Waals surface area contributed by atoms with Crippen LogP contribution in [0.3, 0.4) is 0 Å². The van der Waals surface area contributed by atoms with Gasteiger partial charge in [0.05, 0.1) is 17.6 Å². The van der Waals surface area contributed by atoms with E-state index in [1.165, 1.54) is 5.56 Å². The van der Waals surface area contributed by atoms with E-state index in [0.29, 0.717) is 19.8 Å². The van der Waals surface area contributed by atoms with Gasteiger partial charge in [0.15, 0.2) is 11.5 Å². The molecule has 4 aromatic rings. The summed E-state index contributed by atoms with van der Waals surface area (Å²) in [6, 6.07) is 19.9. The second-order valence-electron chi connectivity index (χ2n) is 7.14. The molecule has 0 aliphatic rings. The van der Waals surface area contributed by atoms with Gasteiger partial charge in [-0.15, -0.1) is 0 Å². The van der Waals surface area contributed by atoms with Gasteiger partial charge in [-0.1, -0.05) is 42.0 Å². The summed E-state index contributed by atoms with van der Waals surface area (Å²) in [7, 11) is 0. The Kier molecular flexibility index (Phi) is 5.75. The van der Waals surface area contributed by atoms with Crippen LogP contribution in [-0.2, 0) is 13.2 Å². The first-order valence-electron chi connectivity index (χ1n) is 10.0. The molecule has 0 spiro atoms. The van der Waals surface area contributed by atoms with Gasteiger partial charge in [0.25, 0.3) is 0 Å². The van der Waals surface area contributed by atoms with Gasteiger partial charge >= 0.3 is 5.69 Å². The highest BCUT2D eigenvalue weighted by Gasteiger charge is 2.12. The molecule has 0 saturated heterocycles. The molecule has 0 aliphatic carbocycles. The standard InChI is InChI=1S/C24H25N3O3/c1-3-29-22-6-4-5-18(23(22)30-15-17-9-7-16(2)8-10-17)14-25-19-11-12-20-21(13-19)27-24(28)26-20/h4-13,25H,3,14-15H2,1-2H3,(H2,26,27,28). The molecule has 0 atom stereocenters. The van der Waals surface area contributed by atoms with Gasteiger partial charge in [0, 0.05) is 17.8 Å². The number of para-hydroxylation sites is 1. The normalized spacial score (nSPS) is 10.9.